The molecule has 0 aliphatic heterocycles. The number of hydrogen-bond donors (Lipinski definition) is 3. The van der Waals surface area contributed by atoms with Crippen LogP contribution in [0, 0.1) is 0 Å². The Morgan fingerprint density at radius 2 is 1.92 bits per heavy atom. The predicted octanol–water partition coefficient (Wildman–Crippen LogP) is 2.84. The van der Waals surface area contributed by atoms with Gasteiger partial charge in [0, 0.05) is 29.7 Å². The first-order valence-electron chi connectivity index (χ1n) is 8.10. The van der Waals surface area contributed by atoms with E-state index in [1.807, 2.05) is 67.2 Å². The van der Waals surface area contributed by atoms with E-state index in [0.29, 0.717) is 5.56 Å². The molecule has 3 N–H and O–H groups in total. The first kappa shape index (κ1) is 15.3. The molecule has 0 saturated carbocycles. The molecule has 1 amide bonds. The summed E-state index contributed by atoms with van der Waals surface area (Å²) in [6.07, 6.45) is 1.95. The lowest BCUT2D eigenvalue weighted by atomic mass is 10.1. The van der Waals surface area contributed by atoms with E-state index in [9.17, 15) is 9.59 Å². The lowest BCUT2D eigenvalue weighted by Gasteiger charge is -2.15. The zero-order valence-electron chi connectivity index (χ0n) is 14.0. The van der Waals surface area contributed by atoms with Crippen molar-refractivity contribution in [1.29, 1.82) is 0 Å². The first-order chi connectivity index (χ1) is 12.0. The summed E-state index contributed by atoms with van der Waals surface area (Å²) in [7, 11) is 1.96. The van der Waals surface area contributed by atoms with E-state index in [4.69, 9.17) is 0 Å². The van der Waals surface area contributed by atoms with E-state index < -0.39 is 0 Å². The number of carbonyl (C=O) groups is 1. The molecule has 0 aliphatic carbocycles. The van der Waals surface area contributed by atoms with Crippen LogP contribution in [0.25, 0.3) is 21.9 Å². The average molecular weight is 334 g/mol. The van der Waals surface area contributed by atoms with Crippen molar-refractivity contribution >= 4 is 27.8 Å². The van der Waals surface area contributed by atoms with Crippen LogP contribution in [-0.4, -0.2) is 20.4 Å². The molecule has 0 radical (unpaired) electrons. The number of imidazole rings is 1. The van der Waals surface area contributed by atoms with Crippen molar-refractivity contribution in [3.63, 3.8) is 0 Å². The monoisotopic (exact) mass is 334 g/mol. The standard InChI is InChI=1S/C19H18N4O2/c1-11(12-6-7-15-16(10-12)22-19(25)21-15)20-18(24)14-4-3-5-17-13(14)8-9-23(17)2/h3-11H,1-2H3,(H,20,24)(H2,21,22,25)/t11-/m1/s1. The molecule has 0 aliphatic rings. The number of aryl methyl sites for hydroxylation is 1. The summed E-state index contributed by atoms with van der Waals surface area (Å²) >= 11 is 0. The Bertz CT molecular complexity index is 1150. The molecule has 6 heteroatoms. The molecule has 2 aromatic heterocycles. The van der Waals surface area contributed by atoms with Crippen LogP contribution >= 0.6 is 0 Å². The van der Waals surface area contributed by atoms with Crippen LogP contribution in [0.4, 0.5) is 0 Å². The Morgan fingerprint density at radius 3 is 2.76 bits per heavy atom. The van der Waals surface area contributed by atoms with E-state index >= 15 is 0 Å². The van der Waals surface area contributed by atoms with Crippen LogP contribution in [0.5, 0.6) is 0 Å². The quantitative estimate of drug-likeness (QED) is 0.538. The maximum atomic E-state index is 12.7. The minimum Gasteiger partial charge on any atom is -0.351 e. The van der Waals surface area contributed by atoms with Gasteiger partial charge in [0.25, 0.3) is 5.91 Å². The molecule has 0 fully saturated rings. The van der Waals surface area contributed by atoms with Crippen LogP contribution in [0.3, 0.4) is 0 Å². The predicted molar refractivity (Wildman–Crippen MR) is 97.7 cm³/mol. The number of nitrogens with zero attached hydrogens (tertiary/aromatic N) is 1. The van der Waals surface area contributed by atoms with Crippen molar-refractivity contribution < 1.29 is 4.79 Å². The highest BCUT2D eigenvalue weighted by Crippen LogP contribution is 2.21. The minimum atomic E-state index is -0.236. The van der Waals surface area contributed by atoms with E-state index in [1.165, 1.54) is 0 Å². The van der Waals surface area contributed by atoms with Gasteiger partial charge in [-0.25, -0.2) is 4.79 Å². The number of rotatable bonds is 3. The van der Waals surface area contributed by atoms with E-state index in [1.54, 1.807) is 0 Å². The highest BCUT2D eigenvalue weighted by molar-refractivity contribution is 6.06. The third-order valence-electron chi connectivity index (χ3n) is 4.56. The fourth-order valence-electron chi connectivity index (χ4n) is 3.18. The zero-order chi connectivity index (χ0) is 17.6. The van der Waals surface area contributed by atoms with Gasteiger partial charge in [-0.1, -0.05) is 12.1 Å². The third-order valence-corrected chi connectivity index (χ3v) is 4.56. The smallest absolute Gasteiger partial charge is 0.323 e. The van der Waals surface area contributed by atoms with Crippen LogP contribution in [0.2, 0.25) is 0 Å². The summed E-state index contributed by atoms with van der Waals surface area (Å²) in [5.41, 5.74) is 3.85. The number of amides is 1. The van der Waals surface area contributed by atoms with Gasteiger partial charge in [-0.3, -0.25) is 4.79 Å². The highest BCUT2D eigenvalue weighted by atomic mass is 16.2. The second kappa shape index (κ2) is 5.66. The summed E-state index contributed by atoms with van der Waals surface area (Å²) in [4.78, 5) is 29.6. The van der Waals surface area contributed by atoms with Crippen molar-refractivity contribution in [3.8, 4) is 0 Å². The minimum absolute atomic E-state index is 0.119. The largest absolute Gasteiger partial charge is 0.351 e. The van der Waals surface area contributed by atoms with Gasteiger partial charge in [0.1, 0.15) is 0 Å². The summed E-state index contributed by atoms with van der Waals surface area (Å²) in [5.74, 6) is -0.119. The molecule has 2 heterocycles. The highest BCUT2D eigenvalue weighted by Gasteiger charge is 2.15. The Kier molecular flexibility index (Phi) is 3.46. The van der Waals surface area contributed by atoms with Crippen LogP contribution < -0.4 is 11.0 Å². The number of hydrogen-bond acceptors (Lipinski definition) is 2. The average Bonchev–Trinajstić information content (AvgIpc) is 3.15. The molecule has 6 nitrogen and oxygen atoms in total. The van der Waals surface area contributed by atoms with Gasteiger partial charge in [0.05, 0.1) is 17.1 Å². The van der Waals surface area contributed by atoms with E-state index in [2.05, 4.69) is 15.3 Å². The molecule has 0 bridgehead atoms. The number of aromatic nitrogens is 3. The maximum Gasteiger partial charge on any atom is 0.323 e. The van der Waals surface area contributed by atoms with Gasteiger partial charge < -0.3 is 19.9 Å². The van der Waals surface area contributed by atoms with Gasteiger partial charge in [-0.2, -0.15) is 0 Å². The summed E-state index contributed by atoms with van der Waals surface area (Å²) in [5, 5.41) is 3.97. The lowest BCUT2D eigenvalue weighted by molar-refractivity contribution is 0.0941. The maximum absolute atomic E-state index is 12.7. The molecule has 0 spiro atoms. The fourth-order valence-corrected chi connectivity index (χ4v) is 3.18. The molecule has 2 aromatic carbocycles. The summed E-state index contributed by atoms with van der Waals surface area (Å²) in [6.45, 7) is 1.93. The summed E-state index contributed by atoms with van der Waals surface area (Å²) in [6, 6.07) is 13.1. The van der Waals surface area contributed by atoms with Crippen LogP contribution in [0.1, 0.15) is 28.9 Å². The molecular formula is C19H18N4O2. The molecule has 1 atom stereocenters. The van der Waals surface area contributed by atoms with E-state index in [-0.39, 0.29) is 17.6 Å². The molecule has 25 heavy (non-hydrogen) atoms. The second-order valence-electron chi connectivity index (χ2n) is 6.24. The molecule has 4 aromatic rings. The van der Waals surface area contributed by atoms with Crippen molar-refractivity contribution in [3.05, 3.63) is 70.3 Å². The van der Waals surface area contributed by atoms with Gasteiger partial charge in [0.2, 0.25) is 0 Å². The Hall–Kier alpha value is -3.28. The molecular weight excluding hydrogens is 316 g/mol. The Morgan fingerprint density at radius 1 is 1.12 bits per heavy atom. The molecule has 4 rings (SSSR count). The van der Waals surface area contributed by atoms with E-state index in [0.717, 1.165) is 27.5 Å². The second-order valence-corrected chi connectivity index (χ2v) is 6.24. The number of H-pyrrole nitrogens is 2. The normalized spacial score (nSPS) is 12.6. The van der Waals surface area contributed by atoms with Crippen molar-refractivity contribution in [2.75, 3.05) is 0 Å². The molecule has 126 valence electrons. The van der Waals surface area contributed by atoms with Gasteiger partial charge in [-0.15, -0.1) is 0 Å². The summed E-state index contributed by atoms with van der Waals surface area (Å²) < 4.78 is 1.99. The van der Waals surface area contributed by atoms with Crippen LogP contribution in [-0.2, 0) is 7.05 Å². The third kappa shape index (κ3) is 2.61. The Balaban J connectivity index is 1.63. The fraction of sp³-hybridized carbons (Fsp3) is 0.158. The van der Waals surface area contributed by atoms with Gasteiger partial charge in [-0.05, 0) is 42.8 Å². The number of nitrogens with one attached hydrogen (secondary N) is 3. The first-order valence-corrected chi connectivity index (χ1v) is 8.10. The van der Waals surface area contributed by atoms with Crippen molar-refractivity contribution in [2.24, 2.45) is 7.05 Å². The van der Waals surface area contributed by atoms with Gasteiger partial charge >= 0.3 is 5.69 Å². The zero-order valence-corrected chi connectivity index (χ0v) is 14.0. The number of carbonyl (C=O) groups excluding carboxylic acids is 1. The Labute approximate surface area is 143 Å². The van der Waals surface area contributed by atoms with Crippen molar-refractivity contribution in [1.82, 2.24) is 19.9 Å². The van der Waals surface area contributed by atoms with Gasteiger partial charge in [0.15, 0.2) is 0 Å². The number of fused-ring (bicyclic) bond motifs is 2. The lowest BCUT2D eigenvalue weighted by Crippen LogP contribution is -2.26. The number of benzene rings is 2. The molecule has 0 unspecified atom stereocenters. The van der Waals surface area contributed by atoms with Crippen molar-refractivity contribution in [2.45, 2.75) is 13.0 Å². The SMILES string of the molecule is C[C@@H](NC(=O)c1cccc2c1ccn2C)c1ccc2[nH]c(=O)[nH]c2c1. The topological polar surface area (TPSA) is 82.7 Å². The molecule has 0 saturated heterocycles. The van der Waals surface area contributed by atoms with Crippen LogP contribution in [0.15, 0.2) is 53.5 Å². The number of aromatic amines is 2.